The smallest absolute Gasteiger partial charge is 0.372 e. The third-order valence-electron chi connectivity index (χ3n) is 2.51. The van der Waals surface area contributed by atoms with E-state index in [9.17, 15) is 22.0 Å². The number of halogens is 5. The molecule has 0 radical (unpaired) electrons. The minimum Gasteiger partial charge on any atom is -0.372 e. The molecule has 0 aliphatic carbocycles. The second-order valence-corrected chi connectivity index (χ2v) is 3.93. The fraction of sp³-hybridized carbons (Fsp3) is 0.500. The number of alkyl halides is 3. The zero-order valence-electron chi connectivity index (χ0n) is 10.2. The number of hydrogen-bond acceptors (Lipinski definition) is 2. The fourth-order valence-corrected chi connectivity index (χ4v) is 1.67. The maximum Gasteiger partial charge on any atom is 0.411 e. The van der Waals surface area contributed by atoms with Crippen molar-refractivity contribution in [2.75, 3.05) is 20.3 Å². The number of ether oxygens (including phenoxy) is 1. The Kier molecular flexibility index (Phi) is 5.68. The van der Waals surface area contributed by atoms with E-state index in [0.29, 0.717) is 0 Å². The van der Waals surface area contributed by atoms with E-state index < -0.39 is 30.5 Å². The van der Waals surface area contributed by atoms with Crippen molar-refractivity contribution in [2.24, 2.45) is 0 Å². The van der Waals surface area contributed by atoms with Crippen molar-refractivity contribution in [1.82, 2.24) is 5.32 Å². The predicted molar refractivity (Wildman–Crippen MR) is 59.6 cm³/mol. The van der Waals surface area contributed by atoms with Gasteiger partial charge >= 0.3 is 6.18 Å². The Balaban J connectivity index is 2.59. The molecule has 1 rings (SSSR count). The molecule has 0 spiro atoms. The van der Waals surface area contributed by atoms with Gasteiger partial charge < -0.3 is 10.1 Å². The van der Waals surface area contributed by atoms with Gasteiger partial charge in [-0.1, -0.05) is 6.07 Å². The van der Waals surface area contributed by atoms with E-state index in [-0.39, 0.29) is 18.6 Å². The second kappa shape index (κ2) is 6.81. The Labute approximate surface area is 107 Å². The molecule has 2 nitrogen and oxygen atoms in total. The Morgan fingerprint density at radius 1 is 1.21 bits per heavy atom. The Bertz CT molecular complexity index is 387. The van der Waals surface area contributed by atoms with Gasteiger partial charge in [0, 0.05) is 18.2 Å². The number of nitrogens with one attached hydrogen (secondary N) is 1. The summed E-state index contributed by atoms with van der Waals surface area (Å²) in [5.41, 5.74) is -0.194. The fourth-order valence-electron chi connectivity index (χ4n) is 1.67. The lowest BCUT2D eigenvalue weighted by molar-refractivity contribution is -0.174. The first-order chi connectivity index (χ1) is 8.85. The predicted octanol–water partition coefficient (Wildman–Crippen LogP) is 3.19. The summed E-state index contributed by atoms with van der Waals surface area (Å²) in [4.78, 5) is 0. The van der Waals surface area contributed by atoms with Gasteiger partial charge in [0.25, 0.3) is 0 Å². The van der Waals surface area contributed by atoms with Crippen molar-refractivity contribution in [2.45, 2.75) is 18.6 Å². The molecule has 0 aliphatic heterocycles. The van der Waals surface area contributed by atoms with Gasteiger partial charge in [-0.3, -0.25) is 0 Å². The number of benzene rings is 1. The third kappa shape index (κ3) is 5.12. The Morgan fingerprint density at radius 2 is 1.79 bits per heavy atom. The van der Waals surface area contributed by atoms with Gasteiger partial charge in [-0.05, 0) is 25.6 Å². The molecular weight excluding hydrogens is 269 g/mol. The molecule has 7 heteroatoms. The van der Waals surface area contributed by atoms with E-state index >= 15 is 0 Å². The van der Waals surface area contributed by atoms with Gasteiger partial charge in [0.1, 0.15) is 18.2 Å². The lowest BCUT2D eigenvalue weighted by atomic mass is 10.0. The zero-order valence-corrected chi connectivity index (χ0v) is 10.2. The van der Waals surface area contributed by atoms with Crippen LogP contribution in [0.4, 0.5) is 22.0 Å². The van der Waals surface area contributed by atoms with Crippen LogP contribution in [-0.2, 0) is 4.74 Å². The van der Waals surface area contributed by atoms with Crippen molar-refractivity contribution < 1.29 is 26.7 Å². The summed E-state index contributed by atoms with van der Waals surface area (Å²) in [5.74, 6) is -1.48. The summed E-state index contributed by atoms with van der Waals surface area (Å²) in [6.07, 6.45) is -4.37. The zero-order chi connectivity index (χ0) is 14.5. The van der Waals surface area contributed by atoms with Gasteiger partial charge in [0.05, 0.1) is 0 Å². The molecule has 0 fully saturated rings. The molecule has 19 heavy (non-hydrogen) atoms. The van der Waals surface area contributed by atoms with Crippen LogP contribution in [-0.4, -0.2) is 26.4 Å². The first-order valence-corrected chi connectivity index (χ1v) is 5.61. The highest BCUT2D eigenvalue weighted by atomic mass is 19.4. The topological polar surface area (TPSA) is 21.3 Å². The van der Waals surface area contributed by atoms with Crippen LogP contribution >= 0.6 is 0 Å². The highest BCUT2D eigenvalue weighted by Gasteiger charge is 2.27. The van der Waals surface area contributed by atoms with E-state index in [0.717, 1.165) is 12.1 Å². The van der Waals surface area contributed by atoms with Crippen molar-refractivity contribution in [3.8, 4) is 0 Å². The minimum atomic E-state index is -4.40. The summed E-state index contributed by atoms with van der Waals surface area (Å²) in [6.45, 7) is -1.62. The third-order valence-corrected chi connectivity index (χ3v) is 2.51. The molecule has 1 unspecified atom stereocenters. The Morgan fingerprint density at radius 3 is 2.26 bits per heavy atom. The number of hydrogen-bond donors (Lipinski definition) is 1. The highest BCUT2D eigenvalue weighted by molar-refractivity contribution is 5.23. The molecule has 1 aromatic rings. The van der Waals surface area contributed by atoms with Crippen molar-refractivity contribution in [3.05, 3.63) is 35.4 Å². The van der Waals surface area contributed by atoms with E-state index in [1.54, 1.807) is 0 Å². The van der Waals surface area contributed by atoms with E-state index in [1.165, 1.54) is 13.1 Å². The SMILES string of the molecule is CNC(CCOCC(F)(F)F)c1c(F)cccc1F. The Hall–Kier alpha value is -1.21. The van der Waals surface area contributed by atoms with Crippen LogP contribution in [0.2, 0.25) is 0 Å². The molecule has 0 aromatic heterocycles. The first-order valence-electron chi connectivity index (χ1n) is 5.61. The van der Waals surface area contributed by atoms with Gasteiger partial charge in [-0.2, -0.15) is 13.2 Å². The van der Waals surface area contributed by atoms with Crippen LogP contribution in [0.1, 0.15) is 18.0 Å². The molecule has 0 aliphatic rings. The van der Waals surface area contributed by atoms with Crippen LogP contribution in [0.25, 0.3) is 0 Å². The van der Waals surface area contributed by atoms with Gasteiger partial charge in [0.15, 0.2) is 0 Å². The maximum atomic E-state index is 13.5. The van der Waals surface area contributed by atoms with Crippen LogP contribution in [0, 0.1) is 11.6 Å². The standard InChI is InChI=1S/C12H14F5NO/c1-18-10(5-6-19-7-12(15,16)17)11-8(13)3-2-4-9(11)14/h2-4,10,18H,5-7H2,1H3. The van der Waals surface area contributed by atoms with E-state index in [2.05, 4.69) is 10.1 Å². The quantitative estimate of drug-likeness (QED) is 0.639. The van der Waals surface area contributed by atoms with Crippen molar-refractivity contribution in [3.63, 3.8) is 0 Å². The van der Waals surface area contributed by atoms with E-state index in [1.807, 2.05) is 0 Å². The van der Waals surface area contributed by atoms with Gasteiger partial charge in [-0.15, -0.1) is 0 Å². The van der Waals surface area contributed by atoms with Crippen LogP contribution in [0.5, 0.6) is 0 Å². The highest BCUT2D eigenvalue weighted by Crippen LogP contribution is 2.23. The summed E-state index contributed by atoms with van der Waals surface area (Å²) < 4.78 is 66.9. The van der Waals surface area contributed by atoms with E-state index in [4.69, 9.17) is 0 Å². The lowest BCUT2D eigenvalue weighted by Gasteiger charge is -2.18. The van der Waals surface area contributed by atoms with Crippen molar-refractivity contribution in [1.29, 1.82) is 0 Å². The lowest BCUT2D eigenvalue weighted by Crippen LogP contribution is -2.23. The molecule has 108 valence electrons. The molecule has 0 bridgehead atoms. The first kappa shape index (κ1) is 15.8. The number of rotatable bonds is 6. The van der Waals surface area contributed by atoms with Crippen LogP contribution in [0.3, 0.4) is 0 Å². The monoisotopic (exact) mass is 283 g/mol. The molecular formula is C12H14F5NO. The summed E-state index contributed by atoms with van der Waals surface area (Å²) in [6, 6.07) is 2.68. The average molecular weight is 283 g/mol. The molecule has 0 saturated heterocycles. The molecule has 0 amide bonds. The molecule has 1 aromatic carbocycles. The average Bonchev–Trinajstić information content (AvgIpc) is 2.30. The molecule has 1 N–H and O–H groups in total. The van der Waals surface area contributed by atoms with Crippen LogP contribution < -0.4 is 5.32 Å². The van der Waals surface area contributed by atoms with Gasteiger partial charge in [0.2, 0.25) is 0 Å². The van der Waals surface area contributed by atoms with Crippen molar-refractivity contribution >= 4 is 0 Å². The largest absolute Gasteiger partial charge is 0.411 e. The van der Waals surface area contributed by atoms with Crippen LogP contribution in [0.15, 0.2) is 18.2 Å². The summed E-state index contributed by atoms with van der Waals surface area (Å²) in [7, 11) is 1.47. The molecule has 0 heterocycles. The normalized spacial score (nSPS) is 13.6. The summed E-state index contributed by atoms with van der Waals surface area (Å²) >= 11 is 0. The summed E-state index contributed by atoms with van der Waals surface area (Å²) in [5, 5.41) is 2.66. The minimum absolute atomic E-state index is 0.0322. The maximum absolute atomic E-state index is 13.5. The molecule has 0 saturated carbocycles. The molecule has 1 atom stereocenters. The van der Waals surface area contributed by atoms with Gasteiger partial charge in [-0.25, -0.2) is 8.78 Å². The second-order valence-electron chi connectivity index (χ2n) is 3.93.